The molecule has 0 aromatic heterocycles. The summed E-state index contributed by atoms with van der Waals surface area (Å²) in [6, 6.07) is 8.37. The van der Waals surface area contributed by atoms with Gasteiger partial charge in [0.25, 0.3) is 0 Å². The van der Waals surface area contributed by atoms with E-state index in [-0.39, 0.29) is 17.9 Å². The highest BCUT2D eigenvalue weighted by Crippen LogP contribution is 2.43. The van der Waals surface area contributed by atoms with E-state index in [0.29, 0.717) is 0 Å². The predicted octanol–water partition coefficient (Wildman–Crippen LogP) is 3.45. The molecule has 1 aromatic rings. The van der Waals surface area contributed by atoms with Crippen LogP contribution in [0.5, 0.6) is 0 Å². The lowest BCUT2D eigenvalue weighted by atomic mass is 9.66. The first-order valence-electron chi connectivity index (χ1n) is 4.65. The van der Waals surface area contributed by atoms with E-state index in [9.17, 15) is 0 Å². The molecule has 0 saturated heterocycles. The number of hydrogen-bond acceptors (Lipinski definition) is 1. The van der Waals surface area contributed by atoms with E-state index >= 15 is 0 Å². The van der Waals surface area contributed by atoms with Gasteiger partial charge in [0.15, 0.2) is 0 Å². The van der Waals surface area contributed by atoms with Gasteiger partial charge in [-0.2, -0.15) is 0 Å². The largest absolute Gasteiger partial charge is 0.321 e. The monoisotopic (exact) mass is 275 g/mol. The maximum atomic E-state index is 6.25. The summed E-state index contributed by atoms with van der Waals surface area (Å²) in [5.41, 5.74) is 7.48. The molecule has 0 amide bonds. The molecule has 0 atom stereocenters. The Labute approximate surface area is 99.6 Å². The van der Waals surface area contributed by atoms with Crippen LogP contribution in [0.4, 0.5) is 0 Å². The second kappa shape index (κ2) is 4.21. The Morgan fingerprint density at radius 1 is 1.29 bits per heavy atom. The van der Waals surface area contributed by atoms with Gasteiger partial charge in [-0.1, -0.05) is 35.0 Å². The van der Waals surface area contributed by atoms with Crippen LogP contribution in [0.2, 0.25) is 0 Å². The molecule has 0 spiro atoms. The van der Waals surface area contributed by atoms with Gasteiger partial charge in [0.1, 0.15) is 0 Å². The van der Waals surface area contributed by atoms with Crippen molar-refractivity contribution in [3.8, 4) is 0 Å². The summed E-state index contributed by atoms with van der Waals surface area (Å²) >= 11 is 3.42. The van der Waals surface area contributed by atoms with Crippen molar-refractivity contribution in [3.05, 3.63) is 34.3 Å². The van der Waals surface area contributed by atoms with Crippen molar-refractivity contribution in [2.45, 2.75) is 25.3 Å². The molecule has 2 rings (SSSR count). The number of nitrogens with two attached hydrogens (primary N) is 1. The molecule has 78 valence electrons. The molecule has 14 heavy (non-hydrogen) atoms. The fourth-order valence-corrected chi connectivity index (χ4v) is 2.47. The topological polar surface area (TPSA) is 26.0 Å². The molecular formula is C11H15BrClN. The van der Waals surface area contributed by atoms with Gasteiger partial charge in [0.2, 0.25) is 0 Å². The maximum Gasteiger partial charge on any atom is 0.0414 e. The first-order valence-corrected chi connectivity index (χ1v) is 5.44. The van der Waals surface area contributed by atoms with Crippen LogP contribution in [0.3, 0.4) is 0 Å². The molecular weight excluding hydrogens is 261 g/mol. The van der Waals surface area contributed by atoms with Crippen LogP contribution < -0.4 is 5.73 Å². The lowest BCUT2D eigenvalue weighted by Crippen LogP contribution is -2.47. The van der Waals surface area contributed by atoms with Crippen LogP contribution in [-0.4, -0.2) is 0 Å². The quantitative estimate of drug-likeness (QED) is 0.835. The highest BCUT2D eigenvalue weighted by molar-refractivity contribution is 9.10. The normalized spacial score (nSPS) is 30.4. The zero-order valence-corrected chi connectivity index (χ0v) is 10.6. The van der Waals surface area contributed by atoms with Gasteiger partial charge in [0.05, 0.1) is 0 Å². The number of hydrogen-bond donors (Lipinski definition) is 1. The summed E-state index contributed by atoms with van der Waals surface area (Å²) in [5, 5.41) is 0. The van der Waals surface area contributed by atoms with Crippen molar-refractivity contribution in [1.29, 1.82) is 0 Å². The number of halogens is 2. The summed E-state index contributed by atoms with van der Waals surface area (Å²) in [5.74, 6) is 0.786. The third-order valence-corrected chi connectivity index (χ3v) is 3.37. The summed E-state index contributed by atoms with van der Waals surface area (Å²) < 4.78 is 1.12. The van der Waals surface area contributed by atoms with Crippen molar-refractivity contribution >= 4 is 28.3 Å². The Morgan fingerprint density at radius 2 is 1.79 bits per heavy atom. The van der Waals surface area contributed by atoms with Crippen LogP contribution in [0.15, 0.2) is 28.7 Å². The van der Waals surface area contributed by atoms with E-state index in [4.69, 9.17) is 5.73 Å². The van der Waals surface area contributed by atoms with Crippen molar-refractivity contribution in [2.24, 2.45) is 11.7 Å². The molecule has 0 heterocycles. The first kappa shape index (κ1) is 12.0. The van der Waals surface area contributed by atoms with Crippen molar-refractivity contribution in [1.82, 2.24) is 0 Å². The minimum Gasteiger partial charge on any atom is -0.321 e. The summed E-state index contributed by atoms with van der Waals surface area (Å²) in [7, 11) is 0. The molecule has 1 nitrogen and oxygen atoms in total. The van der Waals surface area contributed by atoms with Crippen LogP contribution in [-0.2, 0) is 5.54 Å². The lowest BCUT2D eigenvalue weighted by molar-refractivity contribution is 0.164. The van der Waals surface area contributed by atoms with Crippen molar-refractivity contribution < 1.29 is 0 Å². The SMILES string of the molecule is CC1CC(N)(c2ccc(Br)cc2)C1.Cl. The van der Waals surface area contributed by atoms with Gasteiger partial charge in [-0.3, -0.25) is 0 Å². The molecule has 0 aliphatic heterocycles. The fourth-order valence-electron chi connectivity index (χ4n) is 2.20. The highest BCUT2D eigenvalue weighted by Gasteiger charge is 2.39. The molecule has 2 N–H and O–H groups in total. The van der Waals surface area contributed by atoms with E-state index in [1.165, 1.54) is 5.56 Å². The maximum absolute atomic E-state index is 6.25. The van der Waals surface area contributed by atoms with Gasteiger partial charge >= 0.3 is 0 Å². The Morgan fingerprint density at radius 3 is 2.21 bits per heavy atom. The third-order valence-electron chi connectivity index (χ3n) is 2.84. The second-order valence-electron chi connectivity index (χ2n) is 4.18. The third kappa shape index (κ3) is 2.13. The number of benzene rings is 1. The predicted molar refractivity (Wildman–Crippen MR) is 65.7 cm³/mol. The zero-order valence-electron chi connectivity index (χ0n) is 8.16. The Kier molecular flexibility index (Phi) is 3.62. The Balaban J connectivity index is 0.000000980. The van der Waals surface area contributed by atoms with Crippen molar-refractivity contribution in [2.75, 3.05) is 0 Å². The molecule has 3 heteroatoms. The van der Waals surface area contributed by atoms with E-state index in [2.05, 4.69) is 47.1 Å². The molecule has 0 unspecified atom stereocenters. The van der Waals surface area contributed by atoms with Crippen LogP contribution in [0.25, 0.3) is 0 Å². The molecule has 1 aromatic carbocycles. The highest BCUT2D eigenvalue weighted by atomic mass is 79.9. The fraction of sp³-hybridized carbons (Fsp3) is 0.455. The van der Waals surface area contributed by atoms with E-state index in [1.54, 1.807) is 0 Å². The lowest BCUT2D eigenvalue weighted by Gasteiger charge is -2.44. The minimum absolute atomic E-state index is 0. The van der Waals surface area contributed by atoms with E-state index in [0.717, 1.165) is 23.2 Å². The molecule has 1 fully saturated rings. The molecule has 1 saturated carbocycles. The van der Waals surface area contributed by atoms with Gasteiger partial charge in [-0.15, -0.1) is 12.4 Å². The summed E-state index contributed by atoms with van der Waals surface area (Å²) in [6.07, 6.45) is 2.24. The van der Waals surface area contributed by atoms with Crippen molar-refractivity contribution in [3.63, 3.8) is 0 Å². The van der Waals surface area contributed by atoms with Gasteiger partial charge in [0, 0.05) is 10.0 Å². The molecule has 0 bridgehead atoms. The standard InChI is InChI=1S/C11H14BrN.ClH/c1-8-6-11(13,7-8)9-2-4-10(12)5-3-9;/h2-5,8H,6-7,13H2,1H3;1H. The average Bonchev–Trinajstić information content (AvgIpc) is 2.03. The Hall–Kier alpha value is -0.0500. The summed E-state index contributed by atoms with van der Waals surface area (Å²) in [4.78, 5) is 0. The van der Waals surface area contributed by atoms with Crippen LogP contribution in [0.1, 0.15) is 25.3 Å². The molecule has 1 aliphatic rings. The molecule has 1 aliphatic carbocycles. The zero-order chi connectivity index (χ0) is 9.47. The van der Waals surface area contributed by atoms with E-state index < -0.39 is 0 Å². The van der Waals surface area contributed by atoms with Crippen LogP contribution >= 0.6 is 28.3 Å². The Bertz CT molecular complexity index is 304. The van der Waals surface area contributed by atoms with Gasteiger partial charge < -0.3 is 5.73 Å². The van der Waals surface area contributed by atoms with Crippen LogP contribution in [0, 0.1) is 5.92 Å². The minimum atomic E-state index is -0.0416. The van der Waals surface area contributed by atoms with Gasteiger partial charge in [-0.05, 0) is 36.5 Å². The number of rotatable bonds is 1. The van der Waals surface area contributed by atoms with Gasteiger partial charge in [-0.25, -0.2) is 0 Å². The second-order valence-corrected chi connectivity index (χ2v) is 5.09. The first-order chi connectivity index (χ1) is 6.10. The molecule has 0 radical (unpaired) electrons. The average molecular weight is 277 g/mol. The summed E-state index contributed by atoms with van der Waals surface area (Å²) in [6.45, 7) is 2.25. The smallest absolute Gasteiger partial charge is 0.0414 e. The van der Waals surface area contributed by atoms with E-state index in [1.807, 2.05) is 0 Å².